The average molecular weight is 485 g/mol. The van der Waals surface area contributed by atoms with E-state index in [9.17, 15) is 9.59 Å². The molecule has 0 bridgehead atoms. The Morgan fingerprint density at radius 3 is 2.14 bits per heavy atom. The fourth-order valence-corrected chi connectivity index (χ4v) is 11.6. The SMILES string of the molecule is CC(=O)O[C@H]1CC[C@]23CC24CC[C@]2(C)[C@@H]([C@H](C)CCC(=O)C(C)C)CC[C@@]2(C)[C@@H]4CC[C@H]3C1(C)C. The summed E-state index contributed by atoms with van der Waals surface area (Å²) < 4.78 is 5.89. The molecule has 0 aromatic carbocycles. The third-order valence-corrected chi connectivity index (χ3v) is 13.6. The average Bonchev–Trinajstić information content (AvgIpc) is 3.36. The van der Waals surface area contributed by atoms with Crippen molar-refractivity contribution in [1.82, 2.24) is 0 Å². The molecule has 3 nitrogen and oxygen atoms in total. The molecule has 5 saturated carbocycles. The fraction of sp³-hybridized carbons (Fsp3) is 0.938. The lowest BCUT2D eigenvalue weighted by Gasteiger charge is -2.63. The van der Waals surface area contributed by atoms with Crippen molar-refractivity contribution in [2.45, 2.75) is 132 Å². The number of hydrogen-bond donors (Lipinski definition) is 0. The van der Waals surface area contributed by atoms with E-state index in [0.29, 0.717) is 39.3 Å². The van der Waals surface area contributed by atoms with Gasteiger partial charge in [-0.1, -0.05) is 48.5 Å². The second-order valence-electron chi connectivity index (χ2n) is 15.2. The number of ether oxygens (including phenoxy) is 1. The molecule has 5 aliphatic carbocycles. The molecule has 5 fully saturated rings. The normalized spacial score (nSPS) is 48.3. The number of ketones is 1. The molecule has 0 aromatic heterocycles. The van der Waals surface area contributed by atoms with E-state index in [1.807, 2.05) is 13.8 Å². The molecule has 0 aliphatic heterocycles. The van der Waals surface area contributed by atoms with Crippen LogP contribution in [0.5, 0.6) is 0 Å². The quantitative estimate of drug-likeness (QED) is 0.359. The molecule has 3 heteroatoms. The Morgan fingerprint density at radius 2 is 1.49 bits per heavy atom. The maximum absolute atomic E-state index is 12.4. The van der Waals surface area contributed by atoms with E-state index >= 15 is 0 Å². The number of esters is 1. The Morgan fingerprint density at radius 1 is 0.829 bits per heavy atom. The summed E-state index contributed by atoms with van der Waals surface area (Å²) >= 11 is 0. The minimum absolute atomic E-state index is 0.0791. The van der Waals surface area contributed by atoms with Gasteiger partial charge < -0.3 is 4.74 Å². The zero-order valence-corrected chi connectivity index (χ0v) is 24.0. The second-order valence-corrected chi connectivity index (χ2v) is 15.2. The third kappa shape index (κ3) is 3.34. The molecule has 1 unspecified atom stereocenters. The molecule has 0 amide bonds. The van der Waals surface area contributed by atoms with Gasteiger partial charge in [-0.25, -0.2) is 0 Å². The zero-order valence-electron chi connectivity index (χ0n) is 24.0. The summed E-state index contributed by atoms with van der Waals surface area (Å²) in [5.74, 6) is 3.43. The number of fused-ring (bicyclic) bond motifs is 2. The molecule has 2 spiro atoms. The smallest absolute Gasteiger partial charge is 0.302 e. The van der Waals surface area contributed by atoms with Gasteiger partial charge >= 0.3 is 5.97 Å². The molecule has 35 heavy (non-hydrogen) atoms. The van der Waals surface area contributed by atoms with Gasteiger partial charge in [0.15, 0.2) is 0 Å². The first-order valence-corrected chi connectivity index (χ1v) is 15.0. The Hall–Kier alpha value is -0.860. The van der Waals surface area contributed by atoms with Crippen LogP contribution < -0.4 is 0 Å². The van der Waals surface area contributed by atoms with Gasteiger partial charge in [-0.15, -0.1) is 0 Å². The van der Waals surface area contributed by atoms with E-state index in [-0.39, 0.29) is 23.4 Å². The van der Waals surface area contributed by atoms with E-state index in [4.69, 9.17) is 4.74 Å². The number of Topliss-reactive ketones (excluding diaryl/α,β-unsaturated/α-hetero) is 1. The van der Waals surface area contributed by atoms with Crippen LogP contribution in [0.15, 0.2) is 0 Å². The minimum Gasteiger partial charge on any atom is -0.462 e. The van der Waals surface area contributed by atoms with Gasteiger partial charge in [-0.05, 0) is 110 Å². The Labute approximate surface area is 214 Å². The molecule has 0 saturated heterocycles. The first-order valence-electron chi connectivity index (χ1n) is 15.0. The molecule has 0 N–H and O–H groups in total. The van der Waals surface area contributed by atoms with Gasteiger partial charge in [0.05, 0.1) is 0 Å². The van der Waals surface area contributed by atoms with Crippen molar-refractivity contribution in [2.75, 3.05) is 0 Å². The van der Waals surface area contributed by atoms with Gasteiger partial charge in [-0.2, -0.15) is 0 Å². The van der Waals surface area contributed by atoms with Crippen LogP contribution in [0.4, 0.5) is 0 Å². The molecular formula is C32H52O3. The molecule has 5 aliphatic rings. The first kappa shape index (κ1) is 25.8. The second kappa shape index (κ2) is 8.07. The van der Waals surface area contributed by atoms with E-state index in [1.54, 1.807) is 6.92 Å². The van der Waals surface area contributed by atoms with Crippen LogP contribution in [0, 0.1) is 56.7 Å². The van der Waals surface area contributed by atoms with Gasteiger partial charge in [0.2, 0.25) is 0 Å². The van der Waals surface area contributed by atoms with Crippen LogP contribution in [0.3, 0.4) is 0 Å². The standard InChI is InChI=1S/C32H52O3/c1-20(2)24(34)10-9-21(3)23-13-15-30(8)26-12-11-25-28(5,6)27(35-22(4)33)14-16-31(25)19-32(26,31)18-17-29(23,30)7/h20-21,23,25-27H,9-19H2,1-8H3/t21-,23-,25+,26+,27+,29-,30+,31-,32?/m1/s1. The Bertz CT molecular complexity index is 889. The lowest BCUT2D eigenvalue weighted by atomic mass is 9.41. The van der Waals surface area contributed by atoms with Crippen molar-refractivity contribution in [3.8, 4) is 0 Å². The highest BCUT2D eigenvalue weighted by atomic mass is 16.5. The maximum atomic E-state index is 12.4. The van der Waals surface area contributed by atoms with E-state index in [2.05, 4.69) is 34.6 Å². The summed E-state index contributed by atoms with van der Waals surface area (Å²) in [5.41, 5.74) is 1.94. The van der Waals surface area contributed by atoms with Crippen molar-refractivity contribution < 1.29 is 14.3 Å². The topological polar surface area (TPSA) is 43.4 Å². The molecular weight excluding hydrogens is 432 g/mol. The third-order valence-electron chi connectivity index (χ3n) is 13.6. The Kier molecular flexibility index (Phi) is 5.94. The number of hydrogen-bond acceptors (Lipinski definition) is 3. The minimum atomic E-state index is -0.111. The van der Waals surface area contributed by atoms with E-state index in [1.165, 1.54) is 51.4 Å². The summed E-state index contributed by atoms with van der Waals surface area (Å²) in [6.45, 7) is 18.3. The van der Waals surface area contributed by atoms with Crippen LogP contribution in [0.25, 0.3) is 0 Å². The molecule has 0 heterocycles. The van der Waals surface area contributed by atoms with Crippen molar-refractivity contribution in [3.63, 3.8) is 0 Å². The van der Waals surface area contributed by atoms with E-state index < -0.39 is 0 Å². The van der Waals surface area contributed by atoms with Crippen LogP contribution in [-0.2, 0) is 14.3 Å². The summed E-state index contributed by atoms with van der Waals surface area (Å²) in [4.78, 5) is 24.2. The largest absolute Gasteiger partial charge is 0.462 e. The molecule has 9 atom stereocenters. The monoisotopic (exact) mass is 484 g/mol. The highest BCUT2D eigenvalue weighted by Gasteiger charge is 2.82. The molecule has 5 rings (SSSR count). The van der Waals surface area contributed by atoms with Gasteiger partial charge in [-0.3, -0.25) is 9.59 Å². The van der Waals surface area contributed by atoms with Crippen LogP contribution >= 0.6 is 0 Å². The van der Waals surface area contributed by atoms with Crippen LogP contribution in [-0.4, -0.2) is 17.9 Å². The zero-order chi connectivity index (χ0) is 25.6. The van der Waals surface area contributed by atoms with Crippen molar-refractivity contribution in [2.24, 2.45) is 56.7 Å². The molecule has 0 radical (unpaired) electrons. The Balaban J connectivity index is 1.37. The first-order chi connectivity index (χ1) is 16.3. The number of carbonyl (C=O) groups excluding carboxylic acids is 2. The highest BCUT2D eigenvalue weighted by Crippen LogP contribution is 2.89. The summed E-state index contributed by atoms with van der Waals surface area (Å²) in [6, 6.07) is 0. The molecule has 0 aromatic rings. The van der Waals surface area contributed by atoms with Crippen LogP contribution in [0.2, 0.25) is 0 Å². The predicted octanol–water partition coefficient (Wildman–Crippen LogP) is 8.00. The maximum Gasteiger partial charge on any atom is 0.302 e. The number of rotatable bonds is 6. The predicted molar refractivity (Wildman–Crippen MR) is 141 cm³/mol. The van der Waals surface area contributed by atoms with Crippen LogP contribution in [0.1, 0.15) is 126 Å². The van der Waals surface area contributed by atoms with Gasteiger partial charge in [0, 0.05) is 24.7 Å². The highest BCUT2D eigenvalue weighted by molar-refractivity contribution is 5.80. The van der Waals surface area contributed by atoms with Crippen molar-refractivity contribution >= 4 is 11.8 Å². The summed E-state index contributed by atoms with van der Waals surface area (Å²) in [6.07, 6.45) is 13.8. The van der Waals surface area contributed by atoms with Crippen molar-refractivity contribution in [1.29, 1.82) is 0 Å². The summed E-state index contributed by atoms with van der Waals surface area (Å²) in [5, 5.41) is 0. The van der Waals surface area contributed by atoms with Gasteiger partial charge in [0.25, 0.3) is 0 Å². The molecule has 198 valence electrons. The lowest BCUT2D eigenvalue weighted by Crippen LogP contribution is -2.58. The van der Waals surface area contributed by atoms with Gasteiger partial charge in [0.1, 0.15) is 11.9 Å². The lowest BCUT2D eigenvalue weighted by molar-refractivity contribution is -0.181. The number of carbonyl (C=O) groups is 2. The fourth-order valence-electron chi connectivity index (χ4n) is 11.6. The van der Waals surface area contributed by atoms with E-state index in [0.717, 1.165) is 31.1 Å². The summed E-state index contributed by atoms with van der Waals surface area (Å²) in [7, 11) is 0. The van der Waals surface area contributed by atoms with Crippen molar-refractivity contribution in [3.05, 3.63) is 0 Å².